The van der Waals surface area contributed by atoms with Crippen LogP contribution in [0, 0.1) is 0 Å². The fourth-order valence-corrected chi connectivity index (χ4v) is 5.74. The van der Waals surface area contributed by atoms with Crippen molar-refractivity contribution in [2.24, 2.45) is 0 Å². The molecule has 4 aromatic rings. The third-order valence-electron chi connectivity index (χ3n) is 7.44. The summed E-state index contributed by atoms with van der Waals surface area (Å²) in [6.45, 7) is 0. The summed E-state index contributed by atoms with van der Waals surface area (Å²) in [7, 11) is 3.16. The topological polar surface area (TPSA) is 99.4 Å². The average Bonchev–Trinajstić information content (AvgIpc) is 2.88. The molecule has 0 saturated carbocycles. The Morgan fingerprint density at radius 3 is 2.11 bits per heavy atom. The maximum absolute atomic E-state index is 11.4. The van der Waals surface area contributed by atoms with Crippen molar-refractivity contribution in [1.29, 1.82) is 0 Å². The summed E-state index contributed by atoms with van der Waals surface area (Å²) < 4.78 is 11.0. The van der Waals surface area contributed by atoms with E-state index in [0.29, 0.717) is 41.0 Å². The van der Waals surface area contributed by atoms with Gasteiger partial charge in [0.1, 0.15) is 34.5 Å². The van der Waals surface area contributed by atoms with Crippen LogP contribution in [0.1, 0.15) is 22.3 Å². The molecule has 0 aromatic heterocycles. The molecule has 4 aromatic carbocycles. The molecule has 6 rings (SSSR count). The number of methoxy groups -OCH3 is 2. The smallest absolute Gasteiger partial charge is 0.127 e. The van der Waals surface area contributed by atoms with Crippen LogP contribution in [0.4, 0.5) is 0 Å². The standard InChI is InChI=1S/C30H26O6/c1-35-19-10-17-4-3-16-11-23(25(32)13-22(16)28(17)26(33)12-19)24-14-27(36-2)29-20-8-6-18(31)9-15(20)5-7-21(29)30(24)34/h6,8-14,31-34H,3-5,7H2,1-2H3. The van der Waals surface area contributed by atoms with E-state index in [-0.39, 0.29) is 23.0 Å². The first-order valence-electron chi connectivity index (χ1n) is 11.9. The summed E-state index contributed by atoms with van der Waals surface area (Å²) in [6.07, 6.45) is 2.70. The molecule has 0 bridgehead atoms. The van der Waals surface area contributed by atoms with Crippen molar-refractivity contribution in [3.05, 3.63) is 70.8 Å². The fraction of sp³-hybridized carbons (Fsp3) is 0.200. The molecule has 0 aliphatic heterocycles. The summed E-state index contributed by atoms with van der Waals surface area (Å²) in [5, 5.41) is 43.2. The van der Waals surface area contributed by atoms with Crippen LogP contribution in [0.25, 0.3) is 33.4 Å². The minimum absolute atomic E-state index is 0.00949. The van der Waals surface area contributed by atoms with E-state index >= 15 is 0 Å². The highest BCUT2D eigenvalue weighted by molar-refractivity contribution is 5.91. The second-order valence-electron chi connectivity index (χ2n) is 9.38. The van der Waals surface area contributed by atoms with Crippen molar-refractivity contribution in [3.63, 3.8) is 0 Å². The van der Waals surface area contributed by atoms with E-state index in [1.165, 1.54) is 0 Å². The van der Waals surface area contributed by atoms with Crippen LogP contribution in [-0.4, -0.2) is 34.6 Å². The van der Waals surface area contributed by atoms with Gasteiger partial charge in [0.05, 0.1) is 14.2 Å². The molecule has 0 atom stereocenters. The lowest BCUT2D eigenvalue weighted by atomic mass is 9.80. The highest BCUT2D eigenvalue weighted by atomic mass is 16.5. The van der Waals surface area contributed by atoms with Gasteiger partial charge in [-0.15, -0.1) is 0 Å². The molecule has 6 heteroatoms. The zero-order valence-corrected chi connectivity index (χ0v) is 20.1. The van der Waals surface area contributed by atoms with E-state index in [1.54, 1.807) is 44.6 Å². The predicted octanol–water partition coefficient (Wildman–Crippen LogP) is 5.72. The van der Waals surface area contributed by atoms with Crippen molar-refractivity contribution in [3.8, 4) is 67.9 Å². The number of hydrogen-bond donors (Lipinski definition) is 4. The Hall–Kier alpha value is -4.32. The third kappa shape index (κ3) is 3.25. The van der Waals surface area contributed by atoms with Gasteiger partial charge < -0.3 is 29.9 Å². The van der Waals surface area contributed by atoms with Gasteiger partial charge in [0.25, 0.3) is 0 Å². The zero-order chi connectivity index (χ0) is 25.1. The van der Waals surface area contributed by atoms with Gasteiger partial charge in [0.2, 0.25) is 0 Å². The molecule has 0 fully saturated rings. The molecule has 0 spiro atoms. The maximum atomic E-state index is 11.4. The molecule has 182 valence electrons. The van der Waals surface area contributed by atoms with Crippen molar-refractivity contribution >= 4 is 0 Å². The van der Waals surface area contributed by atoms with Gasteiger partial charge in [0, 0.05) is 33.9 Å². The highest BCUT2D eigenvalue weighted by Crippen LogP contribution is 2.52. The first-order valence-corrected chi connectivity index (χ1v) is 11.9. The van der Waals surface area contributed by atoms with Crippen LogP contribution in [0.5, 0.6) is 34.5 Å². The van der Waals surface area contributed by atoms with Crippen LogP contribution in [0.2, 0.25) is 0 Å². The number of aryl methyl sites for hydroxylation is 3. The summed E-state index contributed by atoms with van der Waals surface area (Å²) in [5.41, 5.74) is 7.92. The first-order chi connectivity index (χ1) is 17.4. The van der Waals surface area contributed by atoms with E-state index in [9.17, 15) is 20.4 Å². The van der Waals surface area contributed by atoms with E-state index in [0.717, 1.165) is 51.8 Å². The fourth-order valence-electron chi connectivity index (χ4n) is 5.74. The Morgan fingerprint density at radius 2 is 1.33 bits per heavy atom. The lowest BCUT2D eigenvalue weighted by molar-refractivity contribution is 0.407. The second kappa shape index (κ2) is 8.12. The van der Waals surface area contributed by atoms with Crippen LogP contribution >= 0.6 is 0 Å². The summed E-state index contributed by atoms with van der Waals surface area (Å²) >= 11 is 0. The number of fused-ring (bicyclic) bond motifs is 6. The van der Waals surface area contributed by atoms with E-state index < -0.39 is 0 Å². The zero-order valence-electron chi connectivity index (χ0n) is 20.1. The van der Waals surface area contributed by atoms with Gasteiger partial charge in [-0.05, 0) is 89.9 Å². The molecule has 4 N–H and O–H groups in total. The Labute approximate surface area is 208 Å². The van der Waals surface area contributed by atoms with Crippen LogP contribution in [0.3, 0.4) is 0 Å². The monoisotopic (exact) mass is 482 g/mol. The lowest BCUT2D eigenvalue weighted by Gasteiger charge is -2.26. The van der Waals surface area contributed by atoms with Gasteiger partial charge in [-0.2, -0.15) is 0 Å². The SMILES string of the molecule is COc1cc(O)c2c(c1)CCc1cc(-c3cc(OC)c4c(c3O)CCc3cc(O)ccc3-4)c(O)cc1-2. The number of phenolic OH excluding ortho intramolecular Hbond substituents is 4. The van der Waals surface area contributed by atoms with E-state index in [1.807, 2.05) is 18.2 Å². The Balaban J connectivity index is 1.52. The molecule has 36 heavy (non-hydrogen) atoms. The van der Waals surface area contributed by atoms with E-state index in [4.69, 9.17) is 9.47 Å². The number of aromatic hydroxyl groups is 4. The number of benzene rings is 4. The molecule has 0 radical (unpaired) electrons. The van der Waals surface area contributed by atoms with Crippen LogP contribution in [0.15, 0.2) is 48.5 Å². The van der Waals surface area contributed by atoms with Crippen molar-refractivity contribution in [2.45, 2.75) is 25.7 Å². The van der Waals surface area contributed by atoms with Gasteiger partial charge in [-0.1, -0.05) is 6.07 Å². The first kappa shape index (κ1) is 22.2. The average molecular weight is 483 g/mol. The van der Waals surface area contributed by atoms with Crippen molar-refractivity contribution < 1.29 is 29.9 Å². The lowest BCUT2D eigenvalue weighted by Crippen LogP contribution is -2.07. The second-order valence-corrected chi connectivity index (χ2v) is 9.38. The molecule has 6 nitrogen and oxygen atoms in total. The Morgan fingerprint density at radius 1 is 0.583 bits per heavy atom. The summed E-state index contributed by atoms with van der Waals surface area (Å²) in [6, 6.07) is 14.1. The molecule has 2 aliphatic carbocycles. The molecule has 0 saturated heterocycles. The van der Waals surface area contributed by atoms with Crippen LogP contribution < -0.4 is 9.47 Å². The van der Waals surface area contributed by atoms with Crippen molar-refractivity contribution in [2.75, 3.05) is 14.2 Å². The summed E-state index contributed by atoms with van der Waals surface area (Å²) in [5.74, 6) is 1.64. The molecule has 0 heterocycles. The van der Waals surface area contributed by atoms with Gasteiger partial charge in [-0.25, -0.2) is 0 Å². The molecule has 0 amide bonds. The third-order valence-corrected chi connectivity index (χ3v) is 7.44. The van der Waals surface area contributed by atoms with Gasteiger partial charge in [0.15, 0.2) is 0 Å². The largest absolute Gasteiger partial charge is 0.508 e. The minimum atomic E-state index is 0.00949. The van der Waals surface area contributed by atoms with Gasteiger partial charge in [-0.3, -0.25) is 0 Å². The molecular formula is C30H26O6. The minimum Gasteiger partial charge on any atom is -0.508 e. The quantitative estimate of drug-likeness (QED) is 0.298. The van der Waals surface area contributed by atoms with Crippen LogP contribution in [-0.2, 0) is 25.7 Å². The predicted molar refractivity (Wildman–Crippen MR) is 137 cm³/mol. The molecule has 2 aliphatic rings. The highest BCUT2D eigenvalue weighted by Gasteiger charge is 2.28. The number of rotatable bonds is 3. The number of hydrogen-bond acceptors (Lipinski definition) is 6. The van der Waals surface area contributed by atoms with Crippen molar-refractivity contribution in [1.82, 2.24) is 0 Å². The van der Waals surface area contributed by atoms with Gasteiger partial charge >= 0.3 is 0 Å². The number of phenols is 4. The summed E-state index contributed by atoms with van der Waals surface area (Å²) in [4.78, 5) is 0. The Kier molecular flexibility index (Phi) is 5.00. The van der Waals surface area contributed by atoms with E-state index in [2.05, 4.69) is 0 Å². The Bertz CT molecular complexity index is 1550. The number of ether oxygens (including phenoxy) is 2. The molecular weight excluding hydrogens is 456 g/mol. The molecule has 0 unspecified atom stereocenters. The maximum Gasteiger partial charge on any atom is 0.127 e. The normalized spacial score (nSPS) is 13.3.